The molecule has 0 fully saturated rings. The van der Waals surface area contributed by atoms with Gasteiger partial charge in [-0.05, 0) is 95.1 Å². The number of hydrogen-bond acceptors (Lipinski definition) is 2. The van der Waals surface area contributed by atoms with Crippen LogP contribution in [-0.2, 0) is 0 Å². The van der Waals surface area contributed by atoms with Crippen molar-refractivity contribution in [2.75, 3.05) is 0 Å². The summed E-state index contributed by atoms with van der Waals surface area (Å²) in [6.07, 6.45) is 0. The lowest BCUT2D eigenvalue weighted by molar-refractivity contribution is 1.11. The summed E-state index contributed by atoms with van der Waals surface area (Å²) in [4.78, 5) is 10.3. The molecule has 4 aromatic heterocycles. The van der Waals surface area contributed by atoms with Crippen LogP contribution in [0.5, 0.6) is 0 Å². The molecule has 4 heterocycles. The highest BCUT2D eigenvalue weighted by molar-refractivity contribution is 5.96. The summed E-state index contributed by atoms with van der Waals surface area (Å²) in [5, 5.41) is 0. The van der Waals surface area contributed by atoms with Crippen molar-refractivity contribution in [3.05, 3.63) is 170 Å². The minimum atomic E-state index is 0.896. The fourth-order valence-electron chi connectivity index (χ4n) is 7.68. The summed E-state index contributed by atoms with van der Waals surface area (Å²) in [5.41, 5.74) is 15.4. The first kappa shape index (κ1) is 27.1. The summed E-state index contributed by atoms with van der Waals surface area (Å²) in [6.45, 7) is 0. The molecule has 11 aromatic rings. The normalized spacial score (nSPS) is 12.0. The first-order valence-corrected chi connectivity index (χ1v) is 16.9. The molecule has 11 rings (SSSR count). The predicted molar refractivity (Wildman–Crippen MR) is 203 cm³/mol. The molecule has 0 spiro atoms. The fraction of sp³-hybridized carbons (Fsp3) is 0. The van der Waals surface area contributed by atoms with Gasteiger partial charge in [-0.2, -0.15) is 0 Å². The van der Waals surface area contributed by atoms with Crippen LogP contribution in [-0.4, -0.2) is 27.9 Å². The van der Waals surface area contributed by atoms with Crippen LogP contribution in [0.1, 0.15) is 0 Å². The van der Waals surface area contributed by atoms with Crippen molar-refractivity contribution in [2.45, 2.75) is 0 Å². The van der Waals surface area contributed by atoms with Gasteiger partial charge in [0.15, 0.2) is 0 Å². The predicted octanol–water partition coefficient (Wildman–Crippen LogP) is 10.5. The van der Waals surface area contributed by atoms with E-state index in [1.54, 1.807) is 0 Å². The van der Waals surface area contributed by atoms with Crippen LogP contribution in [0.15, 0.2) is 170 Å². The van der Waals surface area contributed by atoms with Gasteiger partial charge in [-0.15, -0.1) is 0 Å². The number of para-hydroxylation sites is 5. The van der Waals surface area contributed by atoms with Crippen molar-refractivity contribution < 1.29 is 0 Å². The Kier molecular flexibility index (Phi) is 5.57. The van der Waals surface area contributed by atoms with E-state index in [0.717, 1.165) is 78.2 Å². The van der Waals surface area contributed by atoms with Gasteiger partial charge in [0.1, 0.15) is 0 Å². The van der Waals surface area contributed by atoms with Gasteiger partial charge in [0, 0.05) is 11.4 Å². The van der Waals surface area contributed by atoms with Gasteiger partial charge in [0.2, 0.25) is 11.6 Å². The molecule has 0 radical (unpaired) electrons. The van der Waals surface area contributed by atoms with Gasteiger partial charge in [0.05, 0.1) is 44.1 Å². The zero-order valence-electron chi connectivity index (χ0n) is 26.8. The molecule has 0 aliphatic rings. The van der Waals surface area contributed by atoms with E-state index in [1.807, 2.05) is 6.07 Å². The molecule has 0 bridgehead atoms. The zero-order valence-corrected chi connectivity index (χ0v) is 26.8. The van der Waals surface area contributed by atoms with Gasteiger partial charge in [-0.25, -0.2) is 9.97 Å². The largest absolute Gasteiger partial charge is 0.278 e. The second kappa shape index (κ2) is 10.3. The lowest BCUT2D eigenvalue weighted by Gasteiger charge is -2.07. The second-order valence-corrected chi connectivity index (χ2v) is 12.8. The Morgan fingerprint density at radius 3 is 1.22 bits per heavy atom. The molecule has 50 heavy (non-hydrogen) atoms. The Labute approximate surface area is 286 Å². The SMILES string of the molecule is c1ccc(-c2ccc(-n3c4ccccc4n4c5cc(-c6ccc7nc8n(-c9ccccc9)c9ccccc9n8c7c6)ccc5nc34)cc2)cc1. The Bertz CT molecular complexity index is 3070. The maximum Gasteiger partial charge on any atom is 0.220 e. The first-order valence-electron chi connectivity index (χ1n) is 16.9. The summed E-state index contributed by atoms with van der Waals surface area (Å²) in [5.74, 6) is 1.80. The molecular formula is C44H28N6. The Morgan fingerprint density at radius 1 is 0.300 bits per heavy atom. The summed E-state index contributed by atoms with van der Waals surface area (Å²) in [7, 11) is 0. The fourth-order valence-corrected chi connectivity index (χ4v) is 7.68. The van der Waals surface area contributed by atoms with Crippen molar-refractivity contribution in [3.8, 4) is 33.6 Å². The van der Waals surface area contributed by atoms with E-state index in [4.69, 9.17) is 9.97 Å². The van der Waals surface area contributed by atoms with Crippen LogP contribution in [0.4, 0.5) is 0 Å². The van der Waals surface area contributed by atoms with Gasteiger partial charge in [-0.3, -0.25) is 17.9 Å². The average Bonchev–Trinajstić information content (AvgIpc) is 3.91. The van der Waals surface area contributed by atoms with Gasteiger partial charge in [-0.1, -0.05) is 97.1 Å². The lowest BCUT2D eigenvalue weighted by Crippen LogP contribution is -1.95. The van der Waals surface area contributed by atoms with E-state index in [2.05, 4.69) is 182 Å². The minimum Gasteiger partial charge on any atom is -0.278 e. The number of aromatic nitrogens is 6. The van der Waals surface area contributed by atoms with E-state index in [1.165, 1.54) is 11.1 Å². The van der Waals surface area contributed by atoms with Crippen LogP contribution >= 0.6 is 0 Å². The van der Waals surface area contributed by atoms with E-state index in [0.29, 0.717) is 0 Å². The van der Waals surface area contributed by atoms with Gasteiger partial charge < -0.3 is 0 Å². The zero-order chi connectivity index (χ0) is 32.8. The van der Waals surface area contributed by atoms with E-state index >= 15 is 0 Å². The number of nitrogens with zero attached hydrogens (tertiary/aromatic N) is 6. The van der Waals surface area contributed by atoms with Crippen LogP contribution in [0.25, 0.3) is 89.3 Å². The first-order chi connectivity index (χ1) is 24.8. The highest BCUT2D eigenvalue weighted by atomic mass is 15.2. The van der Waals surface area contributed by atoms with Gasteiger partial charge in [0.25, 0.3) is 0 Å². The number of benzene rings is 7. The summed E-state index contributed by atoms with van der Waals surface area (Å²) < 4.78 is 9.09. The number of fused-ring (bicyclic) bond motifs is 10. The molecule has 0 aliphatic carbocycles. The molecule has 0 atom stereocenters. The quantitative estimate of drug-likeness (QED) is 0.192. The molecule has 7 aromatic carbocycles. The molecule has 234 valence electrons. The molecule has 0 saturated heterocycles. The molecule has 0 unspecified atom stereocenters. The number of hydrogen-bond donors (Lipinski definition) is 0. The Balaban J connectivity index is 1.09. The highest BCUT2D eigenvalue weighted by Crippen LogP contribution is 2.35. The third-order valence-corrected chi connectivity index (χ3v) is 9.98. The van der Waals surface area contributed by atoms with Crippen LogP contribution in [0.2, 0.25) is 0 Å². The maximum atomic E-state index is 5.20. The van der Waals surface area contributed by atoms with E-state index in [9.17, 15) is 0 Å². The lowest BCUT2D eigenvalue weighted by atomic mass is 10.0. The minimum absolute atomic E-state index is 0.896. The molecule has 0 aliphatic heterocycles. The monoisotopic (exact) mass is 640 g/mol. The van der Waals surface area contributed by atoms with E-state index in [-0.39, 0.29) is 0 Å². The second-order valence-electron chi connectivity index (χ2n) is 12.8. The van der Waals surface area contributed by atoms with E-state index < -0.39 is 0 Å². The molecule has 0 N–H and O–H groups in total. The Hall–Kier alpha value is -6.92. The summed E-state index contributed by atoms with van der Waals surface area (Å²) in [6, 6.07) is 60.0. The van der Waals surface area contributed by atoms with Crippen molar-refractivity contribution in [3.63, 3.8) is 0 Å². The molecular weight excluding hydrogens is 613 g/mol. The van der Waals surface area contributed by atoms with Gasteiger partial charge >= 0.3 is 0 Å². The smallest absolute Gasteiger partial charge is 0.220 e. The average molecular weight is 641 g/mol. The van der Waals surface area contributed by atoms with Crippen molar-refractivity contribution in [1.29, 1.82) is 0 Å². The third-order valence-electron chi connectivity index (χ3n) is 9.98. The number of imidazole rings is 4. The van der Waals surface area contributed by atoms with Crippen molar-refractivity contribution in [1.82, 2.24) is 27.9 Å². The van der Waals surface area contributed by atoms with Crippen LogP contribution in [0, 0.1) is 0 Å². The maximum absolute atomic E-state index is 5.20. The Morgan fingerprint density at radius 2 is 0.700 bits per heavy atom. The third kappa shape index (κ3) is 3.84. The highest BCUT2D eigenvalue weighted by Gasteiger charge is 2.20. The van der Waals surface area contributed by atoms with Crippen molar-refractivity contribution >= 4 is 55.7 Å². The van der Waals surface area contributed by atoms with Crippen LogP contribution in [0.3, 0.4) is 0 Å². The standard InChI is InChI=1S/C44H28N6/c1-3-11-29(12-4-1)30-19-23-34(24-20-30)48-38-16-8-10-18-40(38)50-42-28-32(22-26-36(42)46-44(48)50)31-21-25-35-41(27-31)49-39-17-9-7-15-37(39)47(43(49)45-35)33-13-5-2-6-14-33/h1-28H. The molecule has 0 saturated carbocycles. The number of rotatable bonds is 4. The molecule has 6 heteroatoms. The molecule has 0 amide bonds. The molecule has 6 nitrogen and oxygen atoms in total. The topological polar surface area (TPSA) is 44.5 Å². The van der Waals surface area contributed by atoms with Crippen molar-refractivity contribution in [2.24, 2.45) is 0 Å². The summed E-state index contributed by atoms with van der Waals surface area (Å²) >= 11 is 0. The van der Waals surface area contributed by atoms with Crippen LogP contribution < -0.4 is 0 Å².